The zero-order valence-electron chi connectivity index (χ0n) is 10.3. The lowest BCUT2D eigenvalue weighted by Gasteiger charge is -2.19. The normalized spacial score (nSPS) is 11.3. The molecule has 0 N–H and O–H groups in total. The number of carbonyl (C=O) groups is 1. The summed E-state index contributed by atoms with van der Waals surface area (Å²) in [4.78, 5) is 10.5. The van der Waals surface area contributed by atoms with E-state index in [4.69, 9.17) is 9.47 Å². The second-order valence-electron chi connectivity index (χ2n) is 4.65. The molecule has 17 heavy (non-hydrogen) atoms. The lowest BCUT2D eigenvalue weighted by molar-refractivity contribution is -0.0163. The van der Waals surface area contributed by atoms with Gasteiger partial charge in [0.2, 0.25) is 0 Å². The van der Waals surface area contributed by atoms with Crippen LogP contribution in [0.1, 0.15) is 31.1 Å². The van der Waals surface area contributed by atoms with Crippen LogP contribution in [0.15, 0.2) is 18.2 Å². The van der Waals surface area contributed by atoms with Crippen LogP contribution in [0.25, 0.3) is 0 Å². The topological polar surface area (TPSA) is 35.5 Å². The maximum atomic E-state index is 13.0. The zero-order valence-corrected chi connectivity index (χ0v) is 10.3. The second-order valence-corrected chi connectivity index (χ2v) is 4.65. The molecule has 0 aliphatic carbocycles. The van der Waals surface area contributed by atoms with Gasteiger partial charge in [0.15, 0.2) is 0 Å². The van der Waals surface area contributed by atoms with E-state index < -0.39 is 5.82 Å². The molecule has 0 aromatic heterocycles. The first kappa shape index (κ1) is 13.6. The van der Waals surface area contributed by atoms with Crippen LogP contribution in [-0.4, -0.2) is 25.1 Å². The summed E-state index contributed by atoms with van der Waals surface area (Å²) in [6.07, 6.45) is 0.585. The Balaban J connectivity index is 2.46. The van der Waals surface area contributed by atoms with Crippen molar-refractivity contribution in [3.05, 3.63) is 29.6 Å². The van der Waals surface area contributed by atoms with E-state index in [1.54, 1.807) is 0 Å². The molecule has 1 aromatic carbocycles. The van der Waals surface area contributed by atoms with E-state index >= 15 is 0 Å². The first-order chi connectivity index (χ1) is 7.90. The first-order valence-electron chi connectivity index (χ1n) is 5.43. The molecule has 0 spiro atoms. The number of halogens is 1. The average Bonchev–Trinajstić information content (AvgIpc) is 2.22. The van der Waals surface area contributed by atoms with Crippen LogP contribution in [0.4, 0.5) is 4.39 Å². The molecule has 1 rings (SSSR count). The third-order valence-electron chi connectivity index (χ3n) is 1.92. The molecule has 0 radical (unpaired) electrons. The molecule has 0 atom stereocenters. The largest absolute Gasteiger partial charge is 0.491 e. The van der Waals surface area contributed by atoms with Crippen LogP contribution >= 0.6 is 0 Å². The average molecular weight is 240 g/mol. The van der Waals surface area contributed by atoms with Crippen molar-refractivity contribution in [2.24, 2.45) is 0 Å². The summed E-state index contributed by atoms with van der Waals surface area (Å²) < 4.78 is 23.8. The van der Waals surface area contributed by atoms with E-state index in [9.17, 15) is 9.18 Å². The van der Waals surface area contributed by atoms with Gasteiger partial charge < -0.3 is 9.47 Å². The Labute approximate surface area is 101 Å². The van der Waals surface area contributed by atoms with Crippen molar-refractivity contribution in [2.75, 3.05) is 13.2 Å². The highest BCUT2D eigenvalue weighted by atomic mass is 19.1. The van der Waals surface area contributed by atoms with E-state index in [2.05, 4.69) is 0 Å². The summed E-state index contributed by atoms with van der Waals surface area (Å²) in [5, 5.41) is 0. The van der Waals surface area contributed by atoms with Gasteiger partial charge in [-0.2, -0.15) is 0 Å². The second kappa shape index (κ2) is 5.77. The van der Waals surface area contributed by atoms with Crippen LogP contribution in [0.5, 0.6) is 5.75 Å². The molecule has 0 unspecified atom stereocenters. The summed E-state index contributed by atoms with van der Waals surface area (Å²) in [6.45, 7) is 6.56. The van der Waals surface area contributed by atoms with Gasteiger partial charge in [0.1, 0.15) is 24.5 Å². The number of carbonyl (C=O) groups excluding carboxylic acids is 1. The maximum absolute atomic E-state index is 13.0. The molecular weight excluding hydrogens is 223 g/mol. The molecule has 4 heteroatoms. The highest BCUT2D eigenvalue weighted by Gasteiger charge is 2.09. The van der Waals surface area contributed by atoms with E-state index in [0.717, 1.165) is 6.07 Å². The van der Waals surface area contributed by atoms with Gasteiger partial charge in [0, 0.05) is 11.6 Å². The predicted molar refractivity (Wildman–Crippen MR) is 63.0 cm³/mol. The van der Waals surface area contributed by atoms with Gasteiger partial charge in [0.05, 0.1) is 12.2 Å². The minimum Gasteiger partial charge on any atom is -0.491 e. The fourth-order valence-electron chi connectivity index (χ4n) is 1.24. The highest BCUT2D eigenvalue weighted by Crippen LogP contribution is 2.15. The summed E-state index contributed by atoms with van der Waals surface area (Å²) in [6, 6.07) is 3.89. The molecule has 0 bridgehead atoms. The smallest absolute Gasteiger partial charge is 0.150 e. The number of hydrogen-bond donors (Lipinski definition) is 0. The first-order valence-corrected chi connectivity index (χ1v) is 5.43. The fourth-order valence-corrected chi connectivity index (χ4v) is 1.24. The summed E-state index contributed by atoms with van der Waals surface area (Å²) in [5.41, 5.74) is 0.0379. The van der Waals surface area contributed by atoms with Crippen LogP contribution in [0.2, 0.25) is 0 Å². The van der Waals surface area contributed by atoms with E-state index in [-0.39, 0.29) is 11.2 Å². The summed E-state index contributed by atoms with van der Waals surface area (Å²) >= 11 is 0. The minimum absolute atomic E-state index is 0.223. The lowest BCUT2D eigenvalue weighted by atomic mass is 10.2. The van der Waals surface area contributed by atoms with Crippen molar-refractivity contribution in [3.63, 3.8) is 0 Å². The maximum Gasteiger partial charge on any atom is 0.150 e. The van der Waals surface area contributed by atoms with Crippen LogP contribution in [0, 0.1) is 5.82 Å². The molecule has 1 aromatic rings. The Morgan fingerprint density at radius 2 is 1.94 bits per heavy atom. The van der Waals surface area contributed by atoms with Gasteiger partial charge in [-0.3, -0.25) is 4.79 Å². The molecule has 0 aliphatic rings. The lowest BCUT2D eigenvalue weighted by Crippen LogP contribution is -2.22. The van der Waals surface area contributed by atoms with Gasteiger partial charge in [0.25, 0.3) is 0 Å². The fraction of sp³-hybridized carbons (Fsp3) is 0.462. The minimum atomic E-state index is -0.485. The molecule has 0 saturated heterocycles. The number of rotatable bonds is 5. The van der Waals surface area contributed by atoms with Crippen molar-refractivity contribution in [2.45, 2.75) is 26.4 Å². The molecule has 0 saturated carbocycles. The molecule has 0 heterocycles. The van der Waals surface area contributed by atoms with Crippen molar-refractivity contribution in [1.82, 2.24) is 0 Å². The van der Waals surface area contributed by atoms with E-state index in [1.165, 1.54) is 12.1 Å². The number of ether oxygens (including phenoxy) is 2. The van der Waals surface area contributed by atoms with Gasteiger partial charge >= 0.3 is 0 Å². The van der Waals surface area contributed by atoms with Crippen molar-refractivity contribution >= 4 is 6.29 Å². The Bertz CT molecular complexity index is 383. The Kier molecular flexibility index (Phi) is 4.63. The third-order valence-corrected chi connectivity index (χ3v) is 1.92. The summed E-state index contributed by atoms with van der Waals surface area (Å²) in [7, 11) is 0. The van der Waals surface area contributed by atoms with E-state index in [1.807, 2.05) is 20.8 Å². The molecule has 0 aliphatic heterocycles. The number of aldehydes is 1. The monoisotopic (exact) mass is 240 g/mol. The highest BCUT2D eigenvalue weighted by molar-refractivity contribution is 5.75. The molecule has 3 nitrogen and oxygen atoms in total. The molecule has 94 valence electrons. The number of benzene rings is 1. The Hall–Kier alpha value is -1.42. The summed E-state index contributed by atoms with van der Waals surface area (Å²) in [5.74, 6) is -0.147. The van der Waals surface area contributed by atoms with E-state index in [0.29, 0.717) is 25.2 Å². The van der Waals surface area contributed by atoms with Crippen LogP contribution in [-0.2, 0) is 4.74 Å². The molecule has 0 fully saturated rings. The van der Waals surface area contributed by atoms with Crippen LogP contribution < -0.4 is 4.74 Å². The van der Waals surface area contributed by atoms with Crippen molar-refractivity contribution < 1.29 is 18.7 Å². The van der Waals surface area contributed by atoms with Gasteiger partial charge in [-0.25, -0.2) is 4.39 Å². The van der Waals surface area contributed by atoms with Crippen molar-refractivity contribution in [1.29, 1.82) is 0 Å². The van der Waals surface area contributed by atoms with Gasteiger partial charge in [-0.15, -0.1) is 0 Å². The standard InChI is InChI=1S/C13H17FO3/c1-13(2,3)17-5-4-16-12-7-10(9-15)6-11(14)8-12/h6-9H,4-5H2,1-3H3. The third kappa shape index (κ3) is 5.45. The predicted octanol–water partition coefficient (Wildman–Crippen LogP) is 2.83. The Morgan fingerprint density at radius 3 is 2.53 bits per heavy atom. The van der Waals surface area contributed by atoms with Gasteiger partial charge in [-0.1, -0.05) is 0 Å². The molecular formula is C13H17FO3. The SMILES string of the molecule is CC(C)(C)OCCOc1cc(F)cc(C=O)c1. The van der Waals surface area contributed by atoms with Gasteiger partial charge in [-0.05, 0) is 32.9 Å². The Morgan fingerprint density at radius 1 is 1.24 bits per heavy atom. The quantitative estimate of drug-likeness (QED) is 0.586. The number of hydrogen-bond acceptors (Lipinski definition) is 3. The molecule has 0 amide bonds. The van der Waals surface area contributed by atoms with Crippen LogP contribution in [0.3, 0.4) is 0 Å². The van der Waals surface area contributed by atoms with Crippen molar-refractivity contribution in [3.8, 4) is 5.75 Å². The zero-order chi connectivity index (χ0) is 12.9.